The minimum absolute atomic E-state index is 0.0807. The molecule has 1 heterocycles. The highest BCUT2D eigenvalue weighted by Crippen LogP contribution is 2.31. The maximum absolute atomic E-state index is 11.1. The molecule has 16 heavy (non-hydrogen) atoms. The zero-order valence-corrected chi connectivity index (χ0v) is 10.7. The van der Waals surface area contributed by atoms with Crippen molar-refractivity contribution in [2.45, 2.75) is 6.92 Å². The van der Waals surface area contributed by atoms with Gasteiger partial charge < -0.3 is 5.32 Å². The highest BCUT2D eigenvalue weighted by Gasteiger charge is 2.09. The SMILES string of the molecule is Cc1cc(Cl)c2nc(NC(=O)CCl)sc2c1. The molecule has 1 aromatic heterocycles. The highest BCUT2D eigenvalue weighted by atomic mass is 35.5. The van der Waals surface area contributed by atoms with Crippen molar-refractivity contribution in [1.29, 1.82) is 0 Å². The maximum atomic E-state index is 11.1. The van der Waals surface area contributed by atoms with Gasteiger partial charge in [-0.15, -0.1) is 11.6 Å². The quantitative estimate of drug-likeness (QED) is 0.853. The van der Waals surface area contributed by atoms with Crippen LogP contribution in [0.5, 0.6) is 0 Å². The molecule has 2 rings (SSSR count). The molecule has 0 unspecified atom stereocenters. The van der Waals surface area contributed by atoms with Crippen LogP contribution in [0.1, 0.15) is 5.56 Å². The van der Waals surface area contributed by atoms with Crippen LogP contribution in [0.3, 0.4) is 0 Å². The Balaban J connectivity index is 2.44. The number of nitrogens with zero attached hydrogens (tertiary/aromatic N) is 1. The van der Waals surface area contributed by atoms with Gasteiger partial charge in [0.05, 0.1) is 9.72 Å². The van der Waals surface area contributed by atoms with E-state index in [1.165, 1.54) is 11.3 Å². The number of carbonyl (C=O) groups excluding carboxylic acids is 1. The molecule has 0 aliphatic heterocycles. The molecule has 3 nitrogen and oxygen atoms in total. The van der Waals surface area contributed by atoms with Gasteiger partial charge in [0.25, 0.3) is 0 Å². The van der Waals surface area contributed by atoms with Crippen LogP contribution in [0.2, 0.25) is 5.02 Å². The lowest BCUT2D eigenvalue weighted by molar-refractivity contribution is -0.113. The lowest BCUT2D eigenvalue weighted by Gasteiger charge is -1.94. The summed E-state index contributed by atoms with van der Waals surface area (Å²) in [6, 6.07) is 3.83. The Morgan fingerprint density at radius 2 is 2.31 bits per heavy atom. The molecule has 0 radical (unpaired) electrons. The average Bonchev–Trinajstić information content (AvgIpc) is 2.60. The number of thiazole rings is 1. The maximum Gasteiger partial charge on any atom is 0.241 e. The number of hydrogen-bond donors (Lipinski definition) is 1. The van der Waals surface area contributed by atoms with E-state index in [-0.39, 0.29) is 11.8 Å². The molecular formula is C10H8Cl2N2OS. The van der Waals surface area contributed by atoms with E-state index in [0.717, 1.165) is 10.3 Å². The summed E-state index contributed by atoms with van der Waals surface area (Å²) in [5, 5.41) is 3.72. The summed E-state index contributed by atoms with van der Waals surface area (Å²) in [6.45, 7) is 1.96. The first kappa shape index (κ1) is 11.6. The fourth-order valence-corrected chi connectivity index (χ4v) is 2.77. The number of alkyl halides is 1. The topological polar surface area (TPSA) is 42.0 Å². The fourth-order valence-electron chi connectivity index (χ4n) is 1.32. The van der Waals surface area contributed by atoms with Crippen molar-refractivity contribution < 1.29 is 4.79 Å². The molecule has 1 amide bonds. The Bertz CT molecular complexity index is 553. The first-order valence-corrected chi connectivity index (χ1v) is 6.25. The smallest absolute Gasteiger partial charge is 0.241 e. The Kier molecular flexibility index (Phi) is 3.33. The number of carbonyl (C=O) groups is 1. The molecule has 0 saturated carbocycles. The number of aromatic nitrogens is 1. The van der Waals surface area contributed by atoms with Gasteiger partial charge in [-0.2, -0.15) is 0 Å². The summed E-state index contributed by atoms with van der Waals surface area (Å²) in [5.41, 5.74) is 1.78. The number of benzene rings is 1. The van der Waals surface area contributed by atoms with Gasteiger partial charge in [-0.05, 0) is 24.6 Å². The van der Waals surface area contributed by atoms with Crippen LogP contribution >= 0.6 is 34.5 Å². The Hall–Kier alpha value is -0.840. The third-order valence-corrected chi connectivity index (χ3v) is 3.41. The Labute approximate surface area is 106 Å². The van der Waals surface area contributed by atoms with E-state index in [9.17, 15) is 4.79 Å². The van der Waals surface area contributed by atoms with Crippen LogP contribution < -0.4 is 5.32 Å². The summed E-state index contributed by atoms with van der Waals surface area (Å²) < 4.78 is 0.954. The predicted octanol–water partition coefficient (Wildman–Crippen LogP) is 3.44. The van der Waals surface area contributed by atoms with E-state index < -0.39 is 0 Å². The molecule has 2 aromatic rings. The highest BCUT2D eigenvalue weighted by molar-refractivity contribution is 7.22. The van der Waals surface area contributed by atoms with Crippen molar-refractivity contribution >= 4 is 55.8 Å². The number of hydrogen-bond acceptors (Lipinski definition) is 3. The van der Waals surface area contributed by atoms with Gasteiger partial charge in [0.1, 0.15) is 11.4 Å². The zero-order valence-electron chi connectivity index (χ0n) is 8.38. The van der Waals surface area contributed by atoms with Crippen LogP contribution in [0, 0.1) is 6.92 Å². The molecule has 0 saturated heterocycles. The van der Waals surface area contributed by atoms with E-state index in [2.05, 4.69) is 10.3 Å². The summed E-state index contributed by atoms with van der Waals surface area (Å²) in [5.74, 6) is -0.351. The van der Waals surface area contributed by atoms with Crippen LogP contribution in [0.4, 0.5) is 5.13 Å². The van der Waals surface area contributed by atoms with Gasteiger partial charge in [0.2, 0.25) is 5.91 Å². The van der Waals surface area contributed by atoms with Crippen molar-refractivity contribution in [2.75, 3.05) is 11.2 Å². The number of aryl methyl sites for hydroxylation is 1. The molecule has 1 N–H and O–H groups in total. The molecule has 0 fully saturated rings. The van der Waals surface area contributed by atoms with E-state index in [1.807, 2.05) is 19.1 Å². The Morgan fingerprint density at radius 1 is 1.56 bits per heavy atom. The molecule has 84 valence electrons. The number of anilines is 1. The third kappa shape index (κ3) is 2.29. The number of nitrogens with one attached hydrogen (secondary N) is 1. The second kappa shape index (κ2) is 4.57. The van der Waals surface area contributed by atoms with Crippen molar-refractivity contribution in [2.24, 2.45) is 0 Å². The number of rotatable bonds is 2. The third-order valence-electron chi connectivity index (χ3n) is 1.96. The van der Waals surface area contributed by atoms with Crippen molar-refractivity contribution in [3.05, 3.63) is 22.7 Å². The molecule has 0 aliphatic carbocycles. The van der Waals surface area contributed by atoms with Gasteiger partial charge in [0, 0.05) is 0 Å². The first-order chi connectivity index (χ1) is 7.60. The van der Waals surface area contributed by atoms with Crippen LogP contribution in [-0.2, 0) is 4.79 Å². The molecule has 0 spiro atoms. The summed E-state index contributed by atoms with van der Waals surface area (Å²) in [4.78, 5) is 15.3. The standard InChI is InChI=1S/C10H8Cl2N2OS/c1-5-2-6(12)9-7(3-5)16-10(14-9)13-8(15)4-11/h2-3H,4H2,1H3,(H,13,14,15). The van der Waals surface area contributed by atoms with Gasteiger partial charge in [-0.1, -0.05) is 22.9 Å². The average molecular weight is 275 g/mol. The second-order valence-corrected chi connectivity index (χ2v) is 5.00. The van der Waals surface area contributed by atoms with Gasteiger partial charge in [-0.25, -0.2) is 4.98 Å². The minimum Gasteiger partial charge on any atom is -0.301 e. The number of halogens is 2. The molecule has 1 aromatic carbocycles. The summed E-state index contributed by atoms with van der Waals surface area (Å²) in [6.07, 6.45) is 0. The summed E-state index contributed by atoms with van der Waals surface area (Å²) >= 11 is 12.8. The number of fused-ring (bicyclic) bond motifs is 1. The van der Waals surface area contributed by atoms with E-state index in [0.29, 0.717) is 15.7 Å². The van der Waals surface area contributed by atoms with Crippen LogP contribution in [-0.4, -0.2) is 16.8 Å². The lowest BCUT2D eigenvalue weighted by atomic mass is 10.2. The van der Waals surface area contributed by atoms with Gasteiger partial charge in [0.15, 0.2) is 5.13 Å². The van der Waals surface area contributed by atoms with E-state index in [4.69, 9.17) is 23.2 Å². The molecule has 6 heteroatoms. The summed E-state index contributed by atoms with van der Waals surface area (Å²) in [7, 11) is 0. The van der Waals surface area contributed by atoms with E-state index >= 15 is 0 Å². The molecule has 0 atom stereocenters. The largest absolute Gasteiger partial charge is 0.301 e. The zero-order chi connectivity index (χ0) is 11.7. The van der Waals surface area contributed by atoms with Gasteiger partial charge >= 0.3 is 0 Å². The number of amides is 1. The molecular weight excluding hydrogens is 267 g/mol. The normalized spacial score (nSPS) is 10.7. The predicted molar refractivity (Wildman–Crippen MR) is 68.7 cm³/mol. The second-order valence-electron chi connectivity index (χ2n) is 3.29. The molecule has 0 bridgehead atoms. The van der Waals surface area contributed by atoms with Crippen molar-refractivity contribution in [3.63, 3.8) is 0 Å². The van der Waals surface area contributed by atoms with E-state index in [1.54, 1.807) is 0 Å². The van der Waals surface area contributed by atoms with Crippen molar-refractivity contribution in [1.82, 2.24) is 4.98 Å². The van der Waals surface area contributed by atoms with Crippen molar-refractivity contribution in [3.8, 4) is 0 Å². The van der Waals surface area contributed by atoms with Crippen LogP contribution in [0.25, 0.3) is 10.2 Å². The molecule has 0 aliphatic rings. The lowest BCUT2D eigenvalue weighted by Crippen LogP contribution is -2.11. The minimum atomic E-state index is -0.270. The Morgan fingerprint density at radius 3 is 3.00 bits per heavy atom. The first-order valence-electron chi connectivity index (χ1n) is 4.52. The van der Waals surface area contributed by atoms with Crippen LogP contribution in [0.15, 0.2) is 12.1 Å². The monoisotopic (exact) mass is 274 g/mol. The van der Waals surface area contributed by atoms with Gasteiger partial charge in [-0.3, -0.25) is 4.79 Å². The fraction of sp³-hybridized carbons (Fsp3) is 0.200.